The smallest absolute Gasteiger partial charge is 0.487 e. The summed E-state index contributed by atoms with van der Waals surface area (Å²) in [4.78, 5) is 83.1. The Labute approximate surface area is 368 Å². The third-order valence-corrected chi connectivity index (χ3v) is 12.4. The van der Waals surface area contributed by atoms with Gasteiger partial charge in [-0.1, -0.05) is 36.4 Å². The molecule has 1 saturated carbocycles. The van der Waals surface area contributed by atoms with Gasteiger partial charge in [0.25, 0.3) is 0 Å². The number of phosphoric ester groups is 1. The number of rotatable bonds is 15. The van der Waals surface area contributed by atoms with Crippen LogP contribution in [0.25, 0.3) is 11.0 Å². The average Bonchev–Trinajstić information content (AvgIpc) is 4.06. The van der Waals surface area contributed by atoms with E-state index in [2.05, 4.69) is 10.3 Å². The van der Waals surface area contributed by atoms with Gasteiger partial charge >= 0.3 is 31.8 Å². The molecule has 18 nitrogen and oxygen atoms in total. The third-order valence-electron chi connectivity index (χ3n) is 11.0. The van der Waals surface area contributed by atoms with Crippen LogP contribution in [0.3, 0.4) is 0 Å². The molecule has 0 radical (unpaired) electrons. The molecule has 0 unspecified atom stereocenters. The number of anilines is 2. The maximum atomic E-state index is 16.0. The maximum absolute atomic E-state index is 16.0. The number of hydrogen-bond acceptors (Lipinski definition) is 14. The van der Waals surface area contributed by atoms with E-state index >= 15 is 8.78 Å². The molecule has 3 aliphatic rings. The highest BCUT2D eigenvalue weighted by Gasteiger charge is 2.49. The van der Waals surface area contributed by atoms with Crippen LogP contribution in [0.1, 0.15) is 69.7 Å². The summed E-state index contributed by atoms with van der Waals surface area (Å²) in [6, 6.07) is 19.3. The van der Waals surface area contributed by atoms with Crippen molar-refractivity contribution in [2.24, 2.45) is 0 Å². The highest BCUT2D eigenvalue weighted by Crippen LogP contribution is 2.56. The van der Waals surface area contributed by atoms with Crippen LogP contribution < -0.4 is 25.3 Å². The van der Waals surface area contributed by atoms with Crippen molar-refractivity contribution in [3.63, 3.8) is 0 Å². The molecule has 0 bridgehead atoms. The van der Waals surface area contributed by atoms with E-state index in [-0.39, 0.29) is 90.4 Å². The topological polar surface area (TPSA) is 222 Å². The van der Waals surface area contributed by atoms with Crippen LogP contribution >= 0.6 is 7.82 Å². The number of hydrogen-bond donors (Lipinski definition) is 2. The van der Waals surface area contributed by atoms with Crippen LogP contribution in [-0.2, 0) is 27.7 Å². The van der Waals surface area contributed by atoms with E-state index < -0.39 is 72.8 Å². The number of carbonyl (C=O) groups is 5. The number of aromatic carboxylic acids is 1. The average molecular weight is 916 g/mol. The Kier molecular flexibility index (Phi) is 12.4. The van der Waals surface area contributed by atoms with Crippen LogP contribution in [-0.4, -0.2) is 89.1 Å². The van der Waals surface area contributed by atoms with Crippen molar-refractivity contribution in [2.75, 3.05) is 42.6 Å². The quantitative estimate of drug-likeness (QED) is 0.108. The number of ether oxygens (including phenoxy) is 2. The number of fused-ring (bicyclic) bond motifs is 1. The van der Waals surface area contributed by atoms with Crippen molar-refractivity contribution in [1.82, 2.24) is 14.9 Å². The van der Waals surface area contributed by atoms with Gasteiger partial charge in [-0.3, -0.25) is 19.0 Å². The molecule has 1 atom stereocenters. The lowest BCUT2D eigenvalue weighted by molar-refractivity contribution is -0.119. The number of carboxylic acids is 1. The molecule has 2 amide bonds. The number of nitrogens with zero attached hydrogens (tertiary/aromatic N) is 4. The predicted molar refractivity (Wildman–Crippen MR) is 226 cm³/mol. The molecular formula is C44H40F2N5O13P. The fourth-order valence-electron chi connectivity index (χ4n) is 7.46. The van der Waals surface area contributed by atoms with E-state index in [0.717, 1.165) is 12.1 Å². The fraction of sp³-hybridized carbons (Fsp3) is 0.295. The summed E-state index contributed by atoms with van der Waals surface area (Å²) < 4.78 is 76.4. The summed E-state index contributed by atoms with van der Waals surface area (Å²) in [5.74, 6) is -6.53. The van der Waals surface area contributed by atoms with Crippen molar-refractivity contribution in [3.05, 3.63) is 130 Å². The van der Waals surface area contributed by atoms with Crippen LogP contribution in [0.15, 0.2) is 95.9 Å². The molecule has 1 aliphatic carbocycles. The van der Waals surface area contributed by atoms with Gasteiger partial charge in [0.2, 0.25) is 11.3 Å². The van der Waals surface area contributed by atoms with E-state index in [4.69, 9.17) is 23.0 Å². The van der Waals surface area contributed by atoms with Gasteiger partial charge in [0.05, 0.1) is 35.3 Å². The van der Waals surface area contributed by atoms with Crippen LogP contribution in [0.2, 0.25) is 0 Å². The van der Waals surface area contributed by atoms with Crippen molar-refractivity contribution in [3.8, 4) is 5.75 Å². The predicted octanol–water partition coefficient (Wildman–Crippen LogP) is 6.43. The Bertz CT molecular complexity index is 2740. The van der Waals surface area contributed by atoms with Gasteiger partial charge in [-0.25, -0.2) is 37.5 Å². The zero-order valence-electron chi connectivity index (χ0n) is 34.5. The Morgan fingerprint density at radius 2 is 1.54 bits per heavy atom. The number of halogens is 2. The molecule has 0 spiro atoms. The summed E-state index contributed by atoms with van der Waals surface area (Å²) in [6.45, 7) is 0.508. The number of aromatic nitrogens is 2. The van der Waals surface area contributed by atoms with Gasteiger partial charge in [-0.2, -0.15) is 0 Å². The van der Waals surface area contributed by atoms with Gasteiger partial charge in [0, 0.05) is 38.3 Å². The van der Waals surface area contributed by atoms with Crippen molar-refractivity contribution < 1.29 is 65.5 Å². The van der Waals surface area contributed by atoms with E-state index in [1.807, 2.05) is 0 Å². The Balaban J connectivity index is 1.10. The molecule has 2 saturated heterocycles. The molecule has 4 heterocycles. The van der Waals surface area contributed by atoms with E-state index in [0.29, 0.717) is 12.8 Å². The molecule has 3 fully saturated rings. The minimum Gasteiger partial charge on any atom is -0.487 e. The summed E-state index contributed by atoms with van der Waals surface area (Å²) in [5.41, 5.74) is -3.17. The number of piperidine rings is 1. The molecule has 2 N–H and O–H groups in total. The zero-order valence-corrected chi connectivity index (χ0v) is 35.4. The highest BCUT2D eigenvalue weighted by atomic mass is 31.2. The minimum atomic E-state index is -5.29. The summed E-state index contributed by atoms with van der Waals surface area (Å²) >= 11 is 0. The van der Waals surface area contributed by atoms with Crippen LogP contribution in [0, 0.1) is 11.6 Å². The van der Waals surface area contributed by atoms with E-state index in [1.165, 1.54) is 83.6 Å². The van der Waals surface area contributed by atoms with Crippen LogP contribution in [0.5, 0.6) is 5.75 Å². The van der Waals surface area contributed by atoms with Crippen molar-refractivity contribution in [2.45, 2.75) is 50.4 Å². The molecule has 2 aliphatic heterocycles. The number of phosphoric acid groups is 1. The van der Waals surface area contributed by atoms with E-state index in [9.17, 15) is 38.4 Å². The summed E-state index contributed by atoms with van der Waals surface area (Å²) in [6.07, 6.45) is 0.679. The Morgan fingerprint density at radius 3 is 2.11 bits per heavy atom. The van der Waals surface area contributed by atoms with Crippen molar-refractivity contribution >= 4 is 60.3 Å². The molecule has 65 heavy (non-hydrogen) atoms. The number of amides is 2. The van der Waals surface area contributed by atoms with Gasteiger partial charge in [0.15, 0.2) is 23.2 Å². The van der Waals surface area contributed by atoms with Crippen molar-refractivity contribution in [1.29, 1.82) is 0 Å². The summed E-state index contributed by atoms with van der Waals surface area (Å²) in [7, 11) is -5.29. The standard InChI is InChI=1S/C44H40F2N5O13P/c1-26(52)47-22-31-23-51(43(58)61-31)30-14-15-36(34(45)20-30)60-25-44(64-65(59,62-41(56)27-8-4-2-5-9-27)63-42(57)28-10-6-3-7-11-28)16-18-49(19-17-44)39-35(46)21-32-37(53)33(40(54)55)24-50(29-12-13-29)38(32)48-39/h2-11,14-15,20-21,24,29,31H,12-13,16-19,22-23,25H2,1H3,(H,47,52)(H,54,55)/t31-/m0/s1. The van der Waals surface area contributed by atoms with Gasteiger partial charge in [0.1, 0.15) is 29.5 Å². The first-order valence-electron chi connectivity index (χ1n) is 20.4. The molecule has 8 rings (SSSR count). The molecule has 3 aromatic carbocycles. The lowest BCUT2D eigenvalue weighted by Gasteiger charge is -2.42. The molecule has 21 heteroatoms. The zero-order chi connectivity index (χ0) is 46.0. The first kappa shape index (κ1) is 44.4. The molecule has 5 aromatic rings. The third kappa shape index (κ3) is 9.83. The number of pyridine rings is 2. The monoisotopic (exact) mass is 915 g/mol. The number of benzene rings is 3. The fourth-order valence-corrected chi connectivity index (χ4v) is 8.90. The largest absolute Gasteiger partial charge is 0.593 e. The normalized spacial score (nSPS) is 17.0. The van der Waals surface area contributed by atoms with Gasteiger partial charge in [-0.05, 0) is 68.1 Å². The maximum Gasteiger partial charge on any atom is 0.593 e. The lowest BCUT2D eigenvalue weighted by atomic mass is 9.92. The number of cyclic esters (lactones) is 1. The molecule has 2 aromatic heterocycles. The highest BCUT2D eigenvalue weighted by molar-refractivity contribution is 7.49. The first-order valence-corrected chi connectivity index (χ1v) is 21.8. The van der Waals surface area contributed by atoms with E-state index in [1.54, 1.807) is 16.7 Å². The number of carboxylic acid groups (broad SMARTS) is 1. The summed E-state index contributed by atoms with van der Waals surface area (Å²) in [5, 5.41) is 12.0. The second-order valence-electron chi connectivity index (χ2n) is 15.6. The first-order chi connectivity index (χ1) is 31.1. The van der Waals surface area contributed by atoms with Gasteiger partial charge in [-0.15, -0.1) is 0 Å². The second kappa shape index (κ2) is 18.1. The number of nitrogens with one attached hydrogen (secondary N) is 1. The number of carbonyl (C=O) groups excluding carboxylic acids is 4. The molecular weight excluding hydrogens is 875 g/mol. The Hall–Kier alpha value is -7.18. The minimum absolute atomic E-state index is 0.0135. The lowest BCUT2D eigenvalue weighted by Crippen LogP contribution is -2.50. The SMILES string of the molecule is CC(=O)NC[C@H]1CN(c2ccc(OCC3(OP(=O)(OC(=O)c4ccccc4)OC(=O)c4ccccc4)CCN(c4nc5c(cc4F)c(=O)c(C(=O)O)cn5C4CC4)CC3)c(F)c2)C(=O)O1. The van der Waals surface area contributed by atoms with Gasteiger partial charge < -0.3 is 38.4 Å². The van der Waals surface area contributed by atoms with Crippen LogP contribution in [0.4, 0.5) is 25.1 Å². The molecule has 338 valence electrons. The second-order valence-corrected chi connectivity index (χ2v) is 17.1. The Morgan fingerprint density at radius 1 is 0.908 bits per heavy atom.